The predicted molar refractivity (Wildman–Crippen MR) is 391 cm³/mol. The van der Waals surface area contributed by atoms with Crippen LogP contribution in [0.25, 0.3) is 0 Å². The number of aromatic nitrogens is 2. The fourth-order valence-electron chi connectivity index (χ4n) is 18.4. The molecule has 1 aliphatic heterocycles. The molecule has 9 aliphatic carbocycles. The standard InChI is InChI=1S/C34H41NO7.C26H29NO5.C23H22Cl2N2O4/c1-19-14-15-23-21(18-22-24(36)16-17-25(37)26(22)33(23,5)6)28(19)40-30(38)29-27(20-12-10-9-11-13-20)35(34(7,8)41-29)31(39)42-32(2,3)4;1-14-9-10-18-16(13-17-19(28)11-12-20(29)21(17)26(18,2)3)24(14)32-25(31)23(30)22(27)15-7-5-4-6-8-15;1-11-5-8-16-22(2,3)18-12(14(28)6-7-15(18)29)10-23(16,4)19(11)31-20(30)13-9-17(24)27-21(25)26-13/h9-14,16-17,21,23,27-29H,15,18H2,1-8H3;4-9,11-12,16,18,22-24,30H,10,13,27H2,1-3H3;5-7,9,16,19H,8,10H2,1-4H3/t21?,23-,27+,28?,29-;16?,18-,22+,23-,24?;16-,19?,23-/m110/s1. The highest BCUT2D eigenvalue weighted by Gasteiger charge is 2.61. The number of ketones is 6. The largest absolute Gasteiger partial charge is 0.456 e. The van der Waals surface area contributed by atoms with Crippen molar-refractivity contribution in [3.63, 3.8) is 0 Å². The van der Waals surface area contributed by atoms with Crippen LogP contribution in [0.5, 0.6) is 0 Å². The molecule has 1 amide bonds. The second-order valence-corrected chi connectivity index (χ2v) is 33.3. The van der Waals surface area contributed by atoms with E-state index in [4.69, 9.17) is 52.6 Å². The fourth-order valence-corrected chi connectivity index (χ4v) is 18.8. The predicted octanol–water partition coefficient (Wildman–Crippen LogP) is 13.7. The quantitative estimate of drug-likeness (QED) is 0.0502. The molecule has 0 spiro atoms. The van der Waals surface area contributed by atoms with E-state index in [0.29, 0.717) is 64.7 Å². The number of benzene rings is 2. The van der Waals surface area contributed by atoms with Crippen LogP contribution in [0.15, 0.2) is 172 Å². The average Bonchev–Trinajstić information content (AvgIpc) is 1.41. The lowest BCUT2D eigenvalue weighted by Gasteiger charge is -2.56. The van der Waals surface area contributed by atoms with E-state index in [0.717, 1.165) is 35.1 Å². The van der Waals surface area contributed by atoms with E-state index in [-0.39, 0.29) is 80.4 Å². The summed E-state index contributed by atoms with van der Waals surface area (Å²) in [4.78, 5) is 139. The van der Waals surface area contributed by atoms with Crippen molar-refractivity contribution in [1.29, 1.82) is 0 Å². The van der Waals surface area contributed by atoms with E-state index in [1.807, 2.05) is 118 Å². The minimum atomic E-state index is -1.52. The Labute approximate surface area is 622 Å². The van der Waals surface area contributed by atoms with Crippen LogP contribution < -0.4 is 5.73 Å². The first-order valence-electron chi connectivity index (χ1n) is 35.7. The van der Waals surface area contributed by atoms with E-state index in [1.165, 1.54) is 47.4 Å². The monoisotopic (exact) mass is 1470 g/mol. The number of aliphatic hydroxyl groups excluding tert-OH is 1. The third-order valence-electron chi connectivity index (χ3n) is 23.2. The number of aliphatic hydroxyl groups is 1. The van der Waals surface area contributed by atoms with Gasteiger partial charge in [0.1, 0.15) is 40.8 Å². The van der Waals surface area contributed by atoms with Crippen LogP contribution in [0.3, 0.4) is 0 Å². The zero-order valence-corrected chi connectivity index (χ0v) is 63.5. The third-order valence-corrected chi connectivity index (χ3v) is 23.6. The van der Waals surface area contributed by atoms with E-state index >= 15 is 0 Å². The summed E-state index contributed by atoms with van der Waals surface area (Å²) in [6.45, 7) is 28.6. The van der Waals surface area contributed by atoms with E-state index in [2.05, 4.69) is 16.0 Å². The van der Waals surface area contributed by atoms with Gasteiger partial charge in [0.2, 0.25) is 5.28 Å². The molecule has 0 saturated carbocycles. The lowest BCUT2D eigenvalue weighted by atomic mass is 9.48. The highest BCUT2D eigenvalue weighted by Crippen LogP contribution is 2.62. The van der Waals surface area contributed by atoms with Crippen LogP contribution in [0.1, 0.15) is 176 Å². The highest BCUT2D eigenvalue weighted by molar-refractivity contribution is 6.32. The molecule has 1 saturated heterocycles. The van der Waals surface area contributed by atoms with Gasteiger partial charge in [-0.1, -0.05) is 139 Å². The van der Waals surface area contributed by atoms with Gasteiger partial charge in [0, 0.05) is 56.8 Å². The van der Waals surface area contributed by atoms with Crippen molar-refractivity contribution >= 4 is 81.9 Å². The molecule has 3 N–H and O–H groups in total. The van der Waals surface area contributed by atoms with Crippen LogP contribution >= 0.6 is 23.2 Å². The second-order valence-electron chi connectivity index (χ2n) is 32.6. The first-order valence-corrected chi connectivity index (χ1v) is 36.4. The molecule has 2 aromatic carbocycles. The van der Waals surface area contributed by atoms with Crippen molar-refractivity contribution < 1.29 is 76.7 Å². The Morgan fingerprint density at radius 1 is 0.610 bits per heavy atom. The first kappa shape index (κ1) is 77.4. The summed E-state index contributed by atoms with van der Waals surface area (Å²) in [5.41, 5.74) is 9.18. The molecular weight excluding hydrogens is 1380 g/mol. The van der Waals surface area contributed by atoms with Crippen LogP contribution in [-0.2, 0) is 62.0 Å². The zero-order valence-electron chi connectivity index (χ0n) is 62.0. The number of carbonyl (C=O) groups is 10. The van der Waals surface area contributed by atoms with Crippen LogP contribution in [0, 0.1) is 51.2 Å². The number of ether oxygens (including phenoxy) is 5. The topological polar surface area (TPSA) is 292 Å². The number of nitrogens with two attached hydrogens (primary N) is 1. The van der Waals surface area contributed by atoms with Gasteiger partial charge in [0.05, 0.1) is 6.04 Å². The summed E-state index contributed by atoms with van der Waals surface area (Å²) in [5.74, 6) is -3.25. The van der Waals surface area contributed by atoms with Gasteiger partial charge in [-0.3, -0.25) is 33.7 Å². The average molecular weight is 1470 g/mol. The summed E-state index contributed by atoms with van der Waals surface area (Å²) in [6, 6.07) is 17.8. The van der Waals surface area contributed by atoms with Crippen molar-refractivity contribution in [2.24, 2.45) is 57.0 Å². The molecule has 5 unspecified atom stereocenters. The molecule has 554 valence electrons. The van der Waals surface area contributed by atoms with Crippen molar-refractivity contribution in [2.45, 2.75) is 196 Å². The molecule has 13 rings (SSSR count). The van der Waals surface area contributed by atoms with Gasteiger partial charge < -0.3 is 34.5 Å². The molecule has 20 nitrogen and oxygen atoms in total. The van der Waals surface area contributed by atoms with Gasteiger partial charge in [0.15, 0.2) is 52.6 Å². The maximum atomic E-state index is 14.1. The number of carbonyl (C=O) groups excluding carboxylic acids is 10. The van der Waals surface area contributed by atoms with Gasteiger partial charge >= 0.3 is 24.0 Å². The maximum absolute atomic E-state index is 14.1. The second kappa shape index (κ2) is 28.9. The Hall–Kier alpha value is -8.66. The number of nitrogens with zero attached hydrogens (tertiary/aromatic N) is 3. The Morgan fingerprint density at radius 3 is 1.58 bits per heavy atom. The van der Waals surface area contributed by atoms with Crippen molar-refractivity contribution in [3.05, 3.63) is 199 Å². The van der Waals surface area contributed by atoms with Crippen LogP contribution in [0.2, 0.25) is 10.4 Å². The minimum absolute atomic E-state index is 0.00915. The molecule has 0 radical (unpaired) electrons. The maximum Gasteiger partial charge on any atom is 0.413 e. The van der Waals surface area contributed by atoms with Gasteiger partial charge in [-0.25, -0.2) is 29.1 Å². The lowest BCUT2D eigenvalue weighted by molar-refractivity contribution is -0.170. The van der Waals surface area contributed by atoms with Gasteiger partial charge in [0.25, 0.3) is 0 Å². The molecule has 1 aromatic heterocycles. The molecule has 0 bridgehead atoms. The smallest absolute Gasteiger partial charge is 0.413 e. The normalized spacial score (nSPS) is 29.3. The number of rotatable bonds is 9. The SMILES string of the molecule is CC1=CC[C@@H]2C(CC3=C(C(=O)C=CC3=O)C2(C)C)C1OC(=O)[C@@H]1OC(C)(C)N(C(=O)OC(C)(C)C)[C@H]1c1ccccc1.CC1=CC[C@@H]2C(CC3=C(C(=O)C=CC3=O)C2(C)C)C1OC(=O)[C@H](O)[C@@H](N)c1ccccc1.CC1=CC[C@H]2C(C)(C)C3=C(C[C@]2(C)C1OC(=O)c1cc(Cl)nc(Cl)n1)C(=O)C=CC3=O. The number of halogens is 2. The molecule has 105 heavy (non-hydrogen) atoms. The van der Waals surface area contributed by atoms with Crippen molar-refractivity contribution in [3.8, 4) is 0 Å². The molecule has 22 heteroatoms. The Morgan fingerprint density at radius 2 is 1.08 bits per heavy atom. The van der Waals surface area contributed by atoms with E-state index < -0.39 is 99.6 Å². The van der Waals surface area contributed by atoms with Gasteiger partial charge in [-0.05, 0) is 204 Å². The molecule has 1 fully saturated rings. The summed E-state index contributed by atoms with van der Waals surface area (Å²) in [7, 11) is 0. The van der Waals surface area contributed by atoms with E-state index in [1.54, 1.807) is 58.9 Å². The number of fused-ring (bicyclic) bond motifs is 3. The van der Waals surface area contributed by atoms with Crippen molar-refractivity contribution in [2.75, 3.05) is 0 Å². The number of amides is 1. The van der Waals surface area contributed by atoms with Crippen LogP contribution in [-0.4, -0.2) is 121 Å². The molecule has 3 aromatic rings. The molecular formula is C83H92Cl2N4O16. The summed E-state index contributed by atoms with van der Waals surface area (Å²) < 4.78 is 30.2. The fraction of sp³-hybridized carbons (Fsp3) is 0.470. The number of hydrogen-bond donors (Lipinski definition) is 2. The Balaban J connectivity index is 0.000000160. The summed E-state index contributed by atoms with van der Waals surface area (Å²) >= 11 is 11.7. The van der Waals surface area contributed by atoms with Crippen molar-refractivity contribution in [1.82, 2.24) is 14.9 Å². The van der Waals surface area contributed by atoms with Gasteiger partial charge in [-0.15, -0.1) is 0 Å². The van der Waals surface area contributed by atoms with Gasteiger partial charge in [-0.2, -0.15) is 0 Å². The summed E-state index contributed by atoms with van der Waals surface area (Å²) in [6.07, 6.45) is 12.4. The number of allylic oxidation sites excluding steroid dienone is 15. The molecule has 13 atom stereocenters. The number of hydrogen-bond acceptors (Lipinski definition) is 19. The zero-order chi connectivity index (χ0) is 76.7. The summed E-state index contributed by atoms with van der Waals surface area (Å²) in [5, 5.41) is 10.5. The van der Waals surface area contributed by atoms with E-state index in [9.17, 15) is 53.1 Å². The highest BCUT2D eigenvalue weighted by atomic mass is 35.5. The Kier molecular flexibility index (Phi) is 21.3. The number of esters is 3. The Bertz CT molecular complexity index is 4440. The van der Waals surface area contributed by atoms with Crippen LogP contribution in [0.4, 0.5) is 4.79 Å². The first-order chi connectivity index (χ1) is 49.1. The molecule has 2 heterocycles. The lowest BCUT2D eigenvalue weighted by Crippen LogP contribution is -2.55. The molecule has 10 aliphatic rings. The minimum Gasteiger partial charge on any atom is -0.456 e. The third kappa shape index (κ3) is 14.6.